The van der Waals surface area contributed by atoms with Crippen LogP contribution in [0.4, 0.5) is 0 Å². The second-order valence-electron chi connectivity index (χ2n) is 4.22. The fraction of sp³-hybridized carbons (Fsp3) is 0.357. The third-order valence-corrected chi connectivity index (χ3v) is 3.36. The molecular formula is C14H16O. The largest absolute Gasteiger partial charge is 0.299 e. The van der Waals surface area contributed by atoms with Crippen molar-refractivity contribution >= 4 is 5.78 Å². The predicted molar refractivity (Wildman–Crippen MR) is 61.8 cm³/mol. The summed E-state index contributed by atoms with van der Waals surface area (Å²) >= 11 is 0. The van der Waals surface area contributed by atoms with E-state index in [9.17, 15) is 4.79 Å². The van der Waals surface area contributed by atoms with E-state index in [-0.39, 0.29) is 5.41 Å². The quantitative estimate of drug-likeness (QED) is 0.684. The van der Waals surface area contributed by atoms with Gasteiger partial charge in [0.25, 0.3) is 0 Å². The Morgan fingerprint density at radius 2 is 2.07 bits per heavy atom. The van der Waals surface area contributed by atoms with Gasteiger partial charge in [-0.3, -0.25) is 4.79 Å². The molecule has 0 radical (unpaired) electrons. The Kier molecular flexibility index (Phi) is 2.72. The highest BCUT2D eigenvalue weighted by Crippen LogP contribution is 2.41. The molecule has 0 amide bonds. The number of allylic oxidation sites excluding steroid dienone is 1. The summed E-state index contributed by atoms with van der Waals surface area (Å²) in [6.07, 6.45) is 5.36. The fourth-order valence-corrected chi connectivity index (χ4v) is 2.57. The van der Waals surface area contributed by atoms with E-state index >= 15 is 0 Å². The summed E-state index contributed by atoms with van der Waals surface area (Å²) in [6.45, 7) is 3.78. The van der Waals surface area contributed by atoms with Crippen LogP contribution in [0.1, 0.15) is 31.2 Å². The van der Waals surface area contributed by atoms with Crippen LogP contribution in [-0.4, -0.2) is 5.78 Å². The lowest BCUT2D eigenvalue weighted by molar-refractivity contribution is -0.122. The van der Waals surface area contributed by atoms with Gasteiger partial charge >= 0.3 is 0 Å². The zero-order valence-corrected chi connectivity index (χ0v) is 8.91. The molecule has 1 atom stereocenters. The predicted octanol–water partition coefficient (Wildman–Crippen LogP) is 3.25. The lowest BCUT2D eigenvalue weighted by Gasteiger charge is -2.26. The number of hydrogen-bond donors (Lipinski definition) is 0. The van der Waals surface area contributed by atoms with Crippen molar-refractivity contribution in [3.05, 3.63) is 48.6 Å². The molecule has 1 aliphatic carbocycles. The molecule has 0 bridgehead atoms. The van der Waals surface area contributed by atoms with Gasteiger partial charge in [-0.25, -0.2) is 0 Å². The molecule has 1 aliphatic rings. The van der Waals surface area contributed by atoms with Crippen LogP contribution in [-0.2, 0) is 10.2 Å². The first-order valence-corrected chi connectivity index (χ1v) is 5.49. The van der Waals surface area contributed by atoms with Gasteiger partial charge in [0.2, 0.25) is 0 Å². The molecule has 1 aromatic carbocycles. The van der Waals surface area contributed by atoms with Crippen LogP contribution in [0.3, 0.4) is 0 Å². The van der Waals surface area contributed by atoms with Crippen LogP contribution in [0, 0.1) is 0 Å². The van der Waals surface area contributed by atoms with Crippen LogP contribution in [0.25, 0.3) is 0 Å². The number of Topliss-reactive ketones (excluding diaryl/α,β-unsaturated/α-hetero) is 1. The SMILES string of the molecule is C=CC[C@]1(c2ccccc2)CCCC1=O. The lowest BCUT2D eigenvalue weighted by Crippen LogP contribution is -2.30. The molecule has 0 aliphatic heterocycles. The number of rotatable bonds is 3. The van der Waals surface area contributed by atoms with Gasteiger partial charge in [-0.15, -0.1) is 6.58 Å². The van der Waals surface area contributed by atoms with Crippen LogP contribution in [0.5, 0.6) is 0 Å². The van der Waals surface area contributed by atoms with E-state index in [0.29, 0.717) is 5.78 Å². The van der Waals surface area contributed by atoms with Crippen molar-refractivity contribution in [2.24, 2.45) is 0 Å². The summed E-state index contributed by atoms with van der Waals surface area (Å²) in [5.41, 5.74) is 0.899. The average Bonchev–Trinajstić information content (AvgIpc) is 2.63. The lowest BCUT2D eigenvalue weighted by atomic mass is 9.75. The van der Waals surface area contributed by atoms with Crippen LogP contribution >= 0.6 is 0 Å². The van der Waals surface area contributed by atoms with Crippen LogP contribution in [0.2, 0.25) is 0 Å². The highest BCUT2D eigenvalue weighted by atomic mass is 16.1. The molecule has 0 unspecified atom stereocenters. The van der Waals surface area contributed by atoms with E-state index in [1.54, 1.807) is 0 Å². The molecule has 0 saturated heterocycles. The van der Waals surface area contributed by atoms with Crippen molar-refractivity contribution in [2.75, 3.05) is 0 Å². The van der Waals surface area contributed by atoms with Crippen molar-refractivity contribution < 1.29 is 4.79 Å². The van der Waals surface area contributed by atoms with Crippen molar-refractivity contribution in [2.45, 2.75) is 31.1 Å². The third-order valence-electron chi connectivity index (χ3n) is 3.36. The van der Waals surface area contributed by atoms with Gasteiger partial charge in [0.15, 0.2) is 0 Å². The standard InChI is InChI=1S/C14H16O/c1-2-10-14(11-6-9-13(14)15)12-7-4-3-5-8-12/h2-5,7-8H,1,6,9-11H2/t14-/m1/s1. The number of carbonyl (C=O) groups is 1. The smallest absolute Gasteiger partial charge is 0.143 e. The van der Waals surface area contributed by atoms with Gasteiger partial charge in [-0.05, 0) is 24.8 Å². The zero-order chi connectivity index (χ0) is 10.7. The number of hydrogen-bond acceptors (Lipinski definition) is 1. The minimum atomic E-state index is -0.261. The summed E-state index contributed by atoms with van der Waals surface area (Å²) < 4.78 is 0. The van der Waals surface area contributed by atoms with Gasteiger partial charge in [0, 0.05) is 6.42 Å². The van der Waals surface area contributed by atoms with Crippen molar-refractivity contribution in [1.82, 2.24) is 0 Å². The topological polar surface area (TPSA) is 17.1 Å². The average molecular weight is 200 g/mol. The number of ketones is 1. The second-order valence-corrected chi connectivity index (χ2v) is 4.22. The Hall–Kier alpha value is -1.37. The molecule has 1 aromatic rings. The van der Waals surface area contributed by atoms with E-state index < -0.39 is 0 Å². The first-order chi connectivity index (χ1) is 7.29. The molecule has 0 aromatic heterocycles. The van der Waals surface area contributed by atoms with E-state index in [1.165, 1.54) is 0 Å². The summed E-state index contributed by atoms with van der Waals surface area (Å²) in [5, 5.41) is 0. The Morgan fingerprint density at radius 1 is 1.33 bits per heavy atom. The van der Waals surface area contributed by atoms with Crippen molar-refractivity contribution in [1.29, 1.82) is 0 Å². The van der Waals surface area contributed by atoms with Crippen LogP contribution in [0.15, 0.2) is 43.0 Å². The van der Waals surface area contributed by atoms with Crippen LogP contribution < -0.4 is 0 Å². The Balaban J connectivity index is 2.43. The number of benzene rings is 1. The zero-order valence-electron chi connectivity index (χ0n) is 8.91. The first kappa shape index (κ1) is 10.2. The summed E-state index contributed by atoms with van der Waals surface area (Å²) in [5.74, 6) is 0.383. The molecular weight excluding hydrogens is 184 g/mol. The van der Waals surface area contributed by atoms with E-state index in [2.05, 4.69) is 18.7 Å². The Bertz CT molecular complexity index is 366. The number of carbonyl (C=O) groups excluding carboxylic acids is 1. The normalized spacial score (nSPS) is 25.5. The van der Waals surface area contributed by atoms with E-state index in [4.69, 9.17) is 0 Å². The Labute approximate surface area is 90.8 Å². The maximum absolute atomic E-state index is 12.0. The van der Waals surface area contributed by atoms with Gasteiger partial charge in [0.05, 0.1) is 5.41 Å². The van der Waals surface area contributed by atoms with Gasteiger partial charge in [-0.1, -0.05) is 36.4 Å². The first-order valence-electron chi connectivity index (χ1n) is 5.49. The monoisotopic (exact) mass is 200 g/mol. The maximum Gasteiger partial charge on any atom is 0.143 e. The summed E-state index contributed by atoms with van der Waals surface area (Å²) in [6, 6.07) is 10.1. The molecule has 1 saturated carbocycles. The molecule has 15 heavy (non-hydrogen) atoms. The molecule has 78 valence electrons. The Morgan fingerprint density at radius 3 is 2.60 bits per heavy atom. The van der Waals surface area contributed by atoms with E-state index in [0.717, 1.165) is 31.2 Å². The fourth-order valence-electron chi connectivity index (χ4n) is 2.57. The maximum atomic E-state index is 12.0. The summed E-state index contributed by atoms with van der Waals surface area (Å²) in [4.78, 5) is 12.0. The minimum Gasteiger partial charge on any atom is -0.299 e. The highest BCUT2D eigenvalue weighted by molar-refractivity contribution is 5.92. The molecule has 1 nitrogen and oxygen atoms in total. The summed E-state index contributed by atoms with van der Waals surface area (Å²) in [7, 11) is 0. The highest BCUT2D eigenvalue weighted by Gasteiger charge is 2.41. The molecule has 1 fully saturated rings. The van der Waals surface area contributed by atoms with Crippen molar-refractivity contribution in [3.8, 4) is 0 Å². The molecule has 0 spiro atoms. The van der Waals surface area contributed by atoms with Crippen molar-refractivity contribution in [3.63, 3.8) is 0 Å². The van der Waals surface area contributed by atoms with Gasteiger partial charge in [0.1, 0.15) is 5.78 Å². The molecule has 0 heterocycles. The molecule has 0 N–H and O–H groups in total. The minimum absolute atomic E-state index is 0.261. The van der Waals surface area contributed by atoms with Gasteiger partial charge < -0.3 is 0 Å². The second kappa shape index (κ2) is 4.01. The molecule has 2 rings (SSSR count). The van der Waals surface area contributed by atoms with Gasteiger partial charge in [-0.2, -0.15) is 0 Å². The molecule has 1 heteroatoms. The van der Waals surface area contributed by atoms with E-state index in [1.807, 2.05) is 24.3 Å². The third kappa shape index (κ3) is 1.63.